The maximum Gasteiger partial charge on any atom is 0.263 e. The van der Waals surface area contributed by atoms with Crippen LogP contribution in [-0.2, 0) is 11.4 Å². The van der Waals surface area contributed by atoms with Gasteiger partial charge in [0.1, 0.15) is 16.7 Å². The number of nitriles is 1. The standard InChI is InChI=1S/C18H11BrN2O2S2/c19-14-7-11(8-16-17(22)21-18(24)25-16)5-6-15(14)23-10-13-4-2-1-3-12(13)9-20/h1-8H,10H2,(H,21,22,24). The number of benzene rings is 2. The number of nitrogens with zero attached hydrogens (tertiary/aromatic N) is 1. The van der Waals surface area contributed by atoms with E-state index in [2.05, 4.69) is 27.3 Å². The van der Waals surface area contributed by atoms with E-state index in [4.69, 9.17) is 22.2 Å². The predicted molar refractivity (Wildman–Crippen MR) is 106 cm³/mol. The number of carbonyl (C=O) groups excluding carboxylic acids is 1. The molecule has 1 N–H and O–H groups in total. The van der Waals surface area contributed by atoms with Gasteiger partial charge in [0.15, 0.2) is 0 Å². The van der Waals surface area contributed by atoms with Crippen LogP contribution in [0.4, 0.5) is 0 Å². The highest BCUT2D eigenvalue weighted by molar-refractivity contribution is 9.10. The second-order valence-corrected chi connectivity index (χ2v) is 7.67. The Labute approximate surface area is 163 Å². The third-order valence-corrected chi connectivity index (χ3v) is 5.20. The van der Waals surface area contributed by atoms with Gasteiger partial charge in [-0.2, -0.15) is 5.26 Å². The summed E-state index contributed by atoms with van der Waals surface area (Å²) < 4.78 is 7.03. The van der Waals surface area contributed by atoms with Crippen molar-refractivity contribution in [2.24, 2.45) is 0 Å². The number of thioether (sulfide) groups is 1. The summed E-state index contributed by atoms with van der Waals surface area (Å²) in [6.07, 6.45) is 1.78. The lowest BCUT2D eigenvalue weighted by atomic mass is 10.1. The molecule has 0 aliphatic carbocycles. The van der Waals surface area contributed by atoms with Gasteiger partial charge >= 0.3 is 0 Å². The molecule has 1 aliphatic rings. The maximum absolute atomic E-state index is 11.7. The highest BCUT2D eigenvalue weighted by Crippen LogP contribution is 2.30. The minimum absolute atomic E-state index is 0.181. The van der Waals surface area contributed by atoms with E-state index in [-0.39, 0.29) is 5.91 Å². The number of ether oxygens (including phenoxy) is 1. The molecule has 1 aliphatic heterocycles. The topological polar surface area (TPSA) is 62.1 Å². The van der Waals surface area contributed by atoms with Crippen LogP contribution >= 0.6 is 39.9 Å². The van der Waals surface area contributed by atoms with Crippen LogP contribution in [0.15, 0.2) is 51.8 Å². The van der Waals surface area contributed by atoms with Gasteiger partial charge in [0.05, 0.1) is 21.0 Å². The van der Waals surface area contributed by atoms with E-state index in [1.54, 1.807) is 12.1 Å². The van der Waals surface area contributed by atoms with Crippen molar-refractivity contribution in [3.05, 3.63) is 68.5 Å². The first-order valence-corrected chi connectivity index (χ1v) is 9.24. The van der Waals surface area contributed by atoms with Crippen molar-refractivity contribution in [3.63, 3.8) is 0 Å². The summed E-state index contributed by atoms with van der Waals surface area (Å²) in [7, 11) is 0. The molecule has 2 aromatic carbocycles. The van der Waals surface area contributed by atoms with Crippen LogP contribution in [0.25, 0.3) is 6.08 Å². The Hall–Kier alpha value is -2.14. The molecular weight excluding hydrogens is 420 g/mol. The summed E-state index contributed by atoms with van der Waals surface area (Å²) in [5.74, 6) is 0.480. The SMILES string of the molecule is N#Cc1ccccc1COc1ccc(C=C2SC(=S)NC2=O)cc1Br. The molecule has 1 amide bonds. The largest absolute Gasteiger partial charge is 0.488 e. The first-order chi connectivity index (χ1) is 12.1. The highest BCUT2D eigenvalue weighted by Gasteiger charge is 2.22. The number of nitrogens with one attached hydrogen (secondary N) is 1. The van der Waals surface area contributed by atoms with Crippen molar-refractivity contribution in [3.8, 4) is 11.8 Å². The number of halogens is 1. The number of hydrogen-bond acceptors (Lipinski definition) is 5. The molecule has 1 saturated heterocycles. The quantitative estimate of drug-likeness (QED) is 0.575. The lowest BCUT2D eigenvalue weighted by Gasteiger charge is -2.10. The molecule has 0 bridgehead atoms. The number of carbonyl (C=O) groups is 1. The predicted octanol–water partition coefficient (Wildman–Crippen LogP) is 4.39. The zero-order valence-electron chi connectivity index (χ0n) is 12.8. The van der Waals surface area contributed by atoms with E-state index in [9.17, 15) is 4.79 Å². The number of rotatable bonds is 4. The fourth-order valence-electron chi connectivity index (χ4n) is 2.21. The molecule has 0 atom stereocenters. The van der Waals surface area contributed by atoms with Gasteiger partial charge in [0, 0.05) is 5.56 Å². The van der Waals surface area contributed by atoms with E-state index in [0.717, 1.165) is 15.6 Å². The fourth-order valence-corrected chi connectivity index (χ4v) is 3.76. The lowest BCUT2D eigenvalue weighted by Crippen LogP contribution is -2.17. The minimum atomic E-state index is -0.181. The summed E-state index contributed by atoms with van der Waals surface area (Å²) in [4.78, 5) is 12.3. The number of amides is 1. The molecule has 7 heteroatoms. The molecule has 0 unspecified atom stereocenters. The Kier molecular flexibility index (Phi) is 5.53. The Bertz CT molecular complexity index is 935. The Balaban J connectivity index is 1.74. The molecule has 0 saturated carbocycles. The summed E-state index contributed by atoms with van der Waals surface area (Å²) >= 11 is 9.70. The zero-order chi connectivity index (χ0) is 17.8. The normalized spacial score (nSPS) is 15.1. The van der Waals surface area contributed by atoms with Gasteiger partial charge in [-0.25, -0.2) is 0 Å². The van der Waals surface area contributed by atoms with Crippen LogP contribution < -0.4 is 10.1 Å². The molecule has 0 aromatic heterocycles. The van der Waals surface area contributed by atoms with Crippen LogP contribution in [0.2, 0.25) is 0 Å². The molecule has 1 fully saturated rings. The van der Waals surface area contributed by atoms with Crippen molar-refractivity contribution in [2.45, 2.75) is 6.61 Å². The number of hydrogen-bond donors (Lipinski definition) is 1. The Morgan fingerprint density at radius 2 is 2.12 bits per heavy atom. The van der Waals surface area contributed by atoms with E-state index >= 15 is 0 Å². The summed E-state index contributed by atoms with van der Waals surface area (Å²) in [6.45, 7) is 0.301. The highest BCUT2D eigenvalue weighted by atomic mass is 79.9. The third kappa shape index (κ3) is 4.28. The van der Waals surface area contributed by atoms with Crippen molar-refractivity contribution in [1.82, 2.24) is 5.32 Å². The average Bonchev–Trinajstić information content (AvgIpc) is 2.91. The monoisotopic (exact) mass is 430 g/mol. The first-order valence-electron chi connectivity index (χ1n) is 7.22. The van der Waals surface area contributed by atoms with Gasteiger partial charge in [-0.3, -0.25) is 4.79 Å². The Morgan fingerprint density at radius 1 is 1.32 bits per heavy atom. The molecule has 2 aromatic rings. The summed E-state index contributed by atoms with van der Waals surface area (Å²) in [5, 5.41) is 11.7. The minimum Gasteiger partial charge on any atom is -0.488 e. The van der Waals surface area contributed by atoms with Gasteiger partial charge in [-0.15, -0.1) is 0 Å². The van der Waals surface area contributed by atoms with Gasteiger partial charge in [-0.1, -0.05) is 48.2 Å². The van der Waals surface area contributed by atoms with Crippen LogP contribution in [0, 0.1) is 11.3 Å². The number of thiocarbonyl (C=S) groups is 1. The molecule has 4 nitrogen and oxygen atoms in total. The van der Waals surface area contributed by atoms with Crippen molar-refractivity contribution < 1.29 is 9.53 Å². The van der Waals surface area contributed by atoms with Gasteiger partial charge in [0.2, 0.25) is 0 Å². The van der Waals surface area contributed by atoms with Crippen LogP contribution in [-0.4, -0.2) is 10.2 Å². The van der Waals surface area contributed by atoms with Crippen molar-refractivity contribution in [2.75, 3.05) is 0 Å². The van der Waals surface area contributed by atoms with Crippen LogP contribution in [0.1, 0.15) is 16.7 Å². The molecule has 0 spiro atoms. The molecular formula is C18H11BrN2O2S2. The average molecular weight is 431 g/mol. The first kappa shape index (κ1) is 17.7. The fraction of sp³-hybridized carbons (Fsp3) is 0.0556. The molecule has 1 heterocycles. The molecule has 124 valence electrons. The second-order valence-electron chi connectivity index (χ2n) is 5.10. The van der Waals surface area contributed by atoms with E-state index in [0.29, 0.717) is 27.1 Å². The molecule has 3 rings (SSSR count). The third-order valence-electron chi connectivity index (χ3n) is 3.42. The maximum atomic E-state index is 11.7. The van der Waals surface area contributed by atoms with Crippen molar-refractivity contribution in [1.29, 1.82) is 5.26 Å². The second kappa shape index (κ2) is 7.83. The van der Waals surface area contributed by atoms with Crippen LogP contribution in [0.3, 0.4) is 0 Å². The molecule has 25 heavy (non-hydrogen) atoms. The summed E-state index contributed by atoms with van der Waals surface area (Å²) in [6, 6.07) is 15.0. The van der Waals surface area contributed by atoms with Crippen LogP contribution in [0.5, 0.6) is 5.75 Å². The summed E-state index contributed by atoms with van der Waals surface area (Å²) in [5.41, 5.74) is 2.29. The zero-order valence-corrected chi connectivity index (χ0v) is 16.0. The van der Waals surface area contributed by atoms with Crippen molar-refractivity contribution >= 4 is 56.2 Å². The smallest absolute Gasteiger partial charge is 0.263 e. The van der Waals surface area contributed by atoms with E-state index in [1.165, 1.54) is 11.8 Å². The van der Waals surface area contributed by atoms with Gasteiger partial charge in [0.25, 0.3) is 5.91 Å². The lowest BCUT2D eigenvalue weighted by molar-refractivity contribution is -0.115. The molecule has 0 radical (unpaired) electrons. The van der Waals surface area contributed by atoms with E-state index < -0.39 is 0 Å². The van der Waals surface area contributed by atoms with E-state index in [1.807, 2.05) is 36.4 Å². The van der Waals surface area contributed by atoms with Gasteiger partial charge in [-0.05, 0) is 45.8 Å². The van der Waals surface area contributed by atoms with Gasteiger partial charge < -0.3 is 10.1 Å². The Morgan fingerprint density at radius 3 is 2.80 bits per heavy atom.